The Morgan fingerprint density at radius 1 is 1.18 bits per heavy atom. The van der Waals surface area contributed by atoms with Gasteiger partial charge in [-0.2, -0.15) is 0 Å². The molecular weight excluding hydrogens is 606 g/mol. The van der Waals surface area contributed by atoms with E-state index in [9.17, 15) is 14.7 Å². The molecule has 6 nitrogen and oxygen atoms in total. The number of halogens is 2. The highest BCUT2D eigenvalue weighted by Crippen LogP contribution is 2.26. The van der Waals surface area contributed by atoms with Crippen LogP contribution in [0.4, 0.5) is 5.69 Å². The van der Waals surface area contributed by atoms with Crippen LogP contribution in [-0.2, 0) is 0 Å². The molecule has 3 N–H and O–H groups in total. The minimum Gasteiger partial charge on any atom is -0.494 e. The third kappa shape index (κ3) is 6.55. The first-order valence-electron chi connectivity index (χ1n) is 8.39. The van der Waals surface area contributed by atoms with E-state index in [0.717, 1.165) is 16.4 Å². The summed E-state index contributed by atoms with van der Waals surface area (Å²) in [6.45, 7) is 2.72. The molecule has 0 aliphatic carbocycles. The van der Waals surface area contributed by atoms with Crippen molar-refractivity contribution in [3.05, 3.63) is 54.7 Å². The molecular formula is C19H18I2N2O4S. The normalized spacial score (nSPS) is 10.2. The Bertz CT molecular complexity index is 888. The van der Waals surface area contributed by atoms with Gasteiger partial charge < -0.3 is 15.2 Å². The number of thiocarbonyl (C=S) groups is 1. The number of rotatable bonds is 7. The minimum atomic E-state index is -1.08. The Labute approximate surface area is 195 Å². The predicted octanol–water partition coefficient (Wildman–Crippen LogP) is 4.90. The first kappa shape index (κ1) is 22.8. The van der Waals surface area contributed by atoms with Crippen LogP contribution < -0.4 is 15.4 Å². The summed E-state index contributed by atoms with van der Waals surface area (Å²) in [4.78, 5) is 23.9. The van der Waals surface area contributed by atoms with E-state index in [-0.39, 0.29) is 10.7 Å². The standard InChI is InChI=1S/C19H18I2N2O4S/c1-2-3-8-27-13-6-4-11(5-7-13)17(24)23-19(28)22-16-14(18(25)26)9-12(20)10-15(16)21/h4-7,9-10H,2-3,8H2,1H3,(H,25,26)(H2,22,23,24,28). The van der Waals surface area contributed by atoms with Crippen molar-refractivity contribution in [2.24, 2.45) is 0 Å². The van der Waals surface area contributed by atoms with Crippen molar-refractivity contribution < 1.29 is 19.4 Å². The van der Waals surface area contributed by atoms with Crippen molar-refractivity contribution in [1.29, 1.82) is 0 Å². The Hall–Kier alpha value is -1.47. The second kappa shape index (κ2) is 10.9. The lowest BCUT2D eigenvalue weighted by atomic mass is 10.2. The molecule has 0 bridgehead atoms. The highest BCUT2D eigenvalue weighted by molar-refractivity contribution is 14.1. The molecule has 1 amide bonds. The van der Waals surface area contributed by atoms with Crippen molar-refractivity contribution in [3.63, 3.8) is 0 Å². The van der Waals surface area contributed by atoms with Gasteiger partial charge in [0.15, 0.2) is 5.11 Å². The van der Waals surface area contributed by atoms with Gasteiger partial charge in [-0.15, -0.1) is 0 Å². The molecule has 0 atom stereocenters. The number of hydrogen-bond donors (Lipinski definition) is 3. The maximum atomic E-state index is 12.4. The molecule has 28 heavy (non-hydrogen) atoms. The number of carbonyl (C=O) groups excluding carboxylic acids is 1. The average Bonchev–Trinajstić information content (AvgIpc) is 2.64. The molecule has 0 fully saturated rings. The zero-order chi connectivity index (χ0) is 20.7. The molecule has 0 unspecified atom stereocenters. The minimum absolute atomic E-state index is 0.0231. The first-order chi connectivity index (χ1) is 13.3. The van der Waals surface area contributed by atoms with Crippen molar-refractivity contribution >= 4 is 80.1 Å². The number of hydrogen-bond acceptors (Lipinski definition) is 4. The van der Waals surface area contributed by atoms with Crippen molar-refractivity contribution in [3.8, 4) is 5.75 Å². The number of ether oxygens (including phenoxy) is 1. The topological polar surface area (TPSA) is 87.7 Å². The third-order valence-electron chi connectivity index (χ3n) is 3.63. The fourth-order valence-corrected chi connectivity index (χ4v) is 4.40. The Morgan fingerprint density at radius 2 is 1.86 bits per heavy atom. The fourth-order valence-electron chi connectivity index (χ4n) is 2.23. The summed E-state index contributed by atoms with van der Waals surface area (Å²) in [6, 6.07) is 10.1. The maximum absolute atomic E-state index is 12.4. The summed E-state index contributed by atoms with van der Waals surface area (Å²) in [5.41, 5.74) is 0.850. The number of carboxylic acid groups (broad SMARTS) is 1. The molecule has 0 aliphatic heterocycles. The van der Waals surface area contributed by atoms with Crippen LogP contribution >= 0.6 is 57.4 Å². The van der Waals surface area contributed by atoms with Gasteiger partial charge in [-0.25, -0.2) is 4.79 Å². The van der Waals surface area contributed by atoms with E-state index in [4.69, 9.17) is 17.0 Å². The number of nitrogens with one attached hydrogen (secondary N) is 2. The van der Waals surface area contributed by atoms with Gasteiger partial charge in [0.2, 0.25) is 0 Å². The Kier molecular flexibility index (Phi) is 8.89. The molecule has 0 heterocycles. The molecule has 2 aromatic rings. The van der Waals surface area contributed by atoms with Gasteiger partial charge in [0.25, 0.3) is 5.91 Å². The number of carbonyl (C=O) groups is 2. The lowest BCUT2D eigenvalue weighted by molar-refractivity contribution is 0.0697. The summed E-state index contributed by atoms with van der Waals surface area (Å²) < 4.78 is 7.05. The summed E-state index contributed by atoms with van der Waals surface area (Å²) in [6.07, 6.45) is 2.02. The second-order valence-electron chi connectivity index (χ2n) is 5.75. The molecule has 2 rings (SSSR count). The predicted molar refractivity (Wildman–Crippen MR) is 129 cm³/mol. The number of benzene rings is 2. The number of unbranched alkanes of at least 4 members (excludes halogenated alkanes) is 1. The van der Waals surface area contributed by atoms with Crippen molar-refractivity contribution in [2.45, 2.75) is 19.8 Å². The summed E-state index contributed by atoms with van der Waals surface area (Å²) in [5, 5.41) is 14.8. The summed E-state index contributed by atoms with van der Waals surface area (Å²) in [5.74, 6) is -0.771. The quantitative estimate of drug-likeness (QED) is 0.231. The van der Waals surface area contributed by atoms with Crippen LogP contribution in [0.2, 0.25) is 0 Å². The molecule has 0 spiro atoms. The SMILES string of the molecule is CCCCOc1ccc(C(=O)NC(=S)Nc2c(I)cc(I)cc2C(=O)O)cc1. The van der Waals surface area contributed by atoms with E-state index >= 15 is 0 Å². The van der Waals surface area contributed by atoms with Gasteiger partial charge in [0.1, 0.15) is 5.75 Å². The van der Waals surface area contributed by atoms with Crippen molar-refractivity contribution in [1.82, 2.24) is 5.32 Å². The van der Waals surface area contributed by atoms with E-state index in [2.05, 4.69) is 17.6 Å². The maximum Gasteiger partial charge on any atom is 0.337 e. The van der Waals surface area contributed by atoms with Crippen LogP contribution in [0, 0.1) is 7.14 Å². The van der Waals surface area contributed by atoms with Gasteiger partial charge >= 0.3 is 5.97 Å². The van der Waals surface area contributed by atoms with E-state index in [0.29, 0.717) is 27.2 Å². The number of amides is 1. The van der Waals surface area contributed by atoms with Crippen LogP contribution in [0.15, 0.2) is 36.4 Å². The van der Waals surface area contributed by atoms with Crippen LogP contribution in [0.3, 0.4) is 0 Å². The highest BCUT2D eigenvalue weighted by atomic mass is 127. The fraction of sp³-hybridized carbons (Fsp3) is 0.211. The molecule has 9 heteroatoms. The van der Waals surface area contributed by atoms with Gasteiger partial charge in [0, 0.05) is 12.7 Å². The summed E-state index contributed by atoms with van der Waals surface area (Å²) >= 11 is 9.25. The molecule has 148 valence electrons. The summed E-state index contributed by atoms with van der Waals surface area (Å²) in [7, 11) is 0. The van der Waals surface area contributed by atoms with Crippen LogP contribution in [0.5, 0.6) is 5.75 Å². The molecule has 0 aromatic heterocycles. The second-order valence-corrected chi connectivity index (χ2v) is 8.57. The molecule has 0 aliphatic rings. The average molecular weight is 624 g/mol. The van der Waals surface area contributed by atoms with Gasteiger partial charge in [0.05, 0.1) is 17.9 Å². The third-order valence-corrected chi connectivity index (χ3v) is 5.31. The number of aromatic carboxylic acids is 1. The van der Waals surface area contributed by atoms with Crippen LogP contribution in [0.1, 0.15) is 40.5 Å². The Balaban J connectivity index is 2.03. The van der Waals surface area contributed by atoms with E-state index in [1.165, 1.54) is 6.07 Å². The van der Waals surface area contributed by atoms with E-state index < -0.39 is 11.9 Å². The largest absolute Gasteiger partial charge is 0.494 e. The Morgan fingerprint density at radius 3 is 2.46 bits per heavy atom. The zero-order valence-corrected chi connectivity index (χ0v) is 20.1. The van der Waals surface area contributed by atoms with Gasteiger partial charge in [-0.05, 0) is 100 Å². The number of anilines is 1. The molecule has 0 radical (unpaired) electrons. The molecule has 0 saturated carbocycles. The van der Waals surface area contributed by atoms with Crippen molar-refractivity contribution in [2.75, 3.05) is 11.9 Å². The van der Waals surface area contributed by atoms with E-state index in [1.54, 1.807) is 24.3 Å². The van der Waals surface area contributed by atoms with E-state index in [1.807, 2.05) is 51.2 Å². The van der Waals surface area contributed by atoms with Gasteiger partial charge in [-0.3, -0.25) is 10.1 Å². The highest BCUT2D eigenvalue weighted by Gasteiger charge is 2.17. The molecule has 0 saturated heterocycles. The van der Waals surface area contributed by atoms with Crippen LogP contribution in [-0.4, -0.2) is 28.7 Å². The smallest absolute Gasteiger partial charge is 0.337 e. The molecule has 2 aromatic carbocycles. The monoisotopic (exact) mass is 624 g/mol. The first-order valence-corrected chi connectivity index (χ1v) is 11.0. The lowest BCUT2D eigenvalue weighted by Gasteiger charge is -2.14. The number of carboxylic acids is 1. The van der Waals surface area contributed by atoms with Crippen LogP contribution in [0.25, 0.3) is 0 Å². The zero-order valence-electron chi connectivity index (χ0n) is 14.9. The van der Waals surface area contributed by atoms with Gasteiger partial charge in [-0.1, -0.05) is 13.3 Å². The lowest BCUT2D eigenvalue weighted by Crippen LogP contribution is -2.34.